The van der Waals surface area contributed by atoms with Gasteiger partial charge >= 0.3 is 21.7 Å². The molecule has 0 bridgehead atoms. The standard InChI is InChI=1S/C14H18Si.2ClH.Ti/c1-11-7-5-9-13(11)15(3,4)14-10-6-8-12(14)2;;;/h7-8H,5-6H2,1-4H3;2*1H;/q-2;;;+4/p-2. The fourth-order valence-electron chi connectivity index (χ4n) is 2.65. The molecule has 0 nitrogen and oxygen atoms in total. The summed E-state index contributed by atoms with van der Waals surface area (Å²) in [4.78, 5) is 0. The van der Waals surface area contributed by atoms with Gasteiger partial charge in [0.25, 0.3) is 0 Å². The van der Waals surface area contributed by atoms with E-state index >= 15 is 0 Å². The predicted octanol–water partition coefficient (Wildman–Crippen LogP) is -2.06. The number of halogens is 2. The van der Waals surface area contributed by atoms with E-state index in [1.165, 1.54) is 21.5 Å². The minimum Gasteiger partial charge on any atom is -1.00 e. The van der Waals surface area contributed by atoms with Crippen LogP contribution in [-0.4, -0.2) is 8.07 Å². The Hall–Kier alpha value is 0.471. The van der Waals surface area contributed by atoms with Gasteiger partial charge in [-0.05, 0) is 0 Å². The van der Waals surface area contributed by atoms with Crippen LogP contribution < -0.4 is 24.8 Å². The minimum atomic E-state index is -1.49. The number of hydrogen-bond donors (Lipinski definition) is 0. The van der Waals surface area contributed by atoms with Crippen LogP contribution in [0.15, 0.2) is 33.7 Å². The van der Waals surface area contributed by atoms with E-state index in [4.69, 9.17) is 0 Å². The summed E-state index contributed by atoms with van der Waals surface area (Å²) in [5, 5.41) is 3.00. The van der Waals surface area contributed by atoms with Crippen molar-refractivity contribution < 1.29 is 46.5 Å². The van der Waals surface area contributed by atoms with Crippen molar-refractivity contribution in [2.75, 3.05) is 0 Å². The molecule has 4 heteroatoms. The summed E-state index contributed by atoms with van der Waals surface area (Å²) in [6, 6.07) is 0. The molecule has 0 fully saturated rings. The fraction of sp³-hybridized carbons (Fsp3) is 0.429. The zero-order valence-corrected chi connectivity index (χ0v) is 15.4. The van der Waals surface area contributed by atoms with Gasteiger partial charge in [0.05, 0.1) is 0 Å². The van der Waals surface area contributed by atoms with E-state index < -0.39 is 8.07 Å². The van der Waals surface area contributed by atoms with E-state index in [0.717, 1.165) is 12.8 Å². The first kappa shape index (κ1) is 20.8. The van der Waals surface area contributed by atoms with Crippen LogP contribution in [0.5, 0.6) is 0 Å². The molecule has 2 aliphatic rings. The van der Waals surface area contributed by atoms with Crippen LogP contribution >= 0.6 is 0 Å². The number of rotatable bonds is 2. The van der Waals surface area contributed by atoms with Gasteiger partial charge in [-0.25, -0.2) is 21.5 Å². The van der Waals surface area contributed by atoms with Crippen molar-refractivity contribution in [2.24, 2.45) is 0 Å². The summed E-state index contributed by atoms with van der Waals surface area (Å²) in [7, 11) is -1.49. The quantitative estimate of drug-likeness (QED) is 0.403. The molecular formula is C14H18Cl2SiTi. The molecule has 0 saturated carbocycles. The maximum Gasteiger partial charge on any atom is 4.00 e. The Morgan fingerprint density at radius 1 is 0.889 bits per heavy atom. The Labute approximate surface area is 139 Å². The molecule has 0 radical (unpaired) electrons. The van der Waals surface area contributed by atoms with Gasteiger partial charge in [0.1, 0.15) is 0 Å². The summed E-state index contributed by atoms with van der Waals surface area (Å²) in [5.74, 6) is 0. The topological polar surface area (TPSA) is 0 Å². The largest absolute Gasteiger partial charge is 4.00 e. The fourth-order valence-corrected chi connectivity index (χ4v) is 6.16. The van der Waals surface area contributed by atoms with Crippen LogP contribution in [0.3, 0.4) is 0 Å². The molecule has 0 aromatic carbocycles. The van der Waals surface area contributed by atoms with E-state index in [1.54, 1.807) is 0 Å². The zero-order valence-electron chi connectivity index (χ0n) is 11.3. The van der Waals surface area contributed by atoms with Gasteiger partial charge in [0.15, 0.2) is 0 Å². The van der Waals surface area contributed by atoms with Crippen molar-refractivity contribution in [3.05, 3.63) is 45.8 Å². The molecule has 0 aromatic heterocycles. The van der Waals surface area contributed by atoms with Gasteiger partial charge in [0.2, 0.25) is 0 Å². The van der Waals surface area contributed by atoms with Crippen LogP contribution in [-0.2, 0) is 21.7 Å². The first-order valence-corrected chi connectivity index (χ1v) is 8.60. The van der Waals surface area contributed by atoms with Gasteiger partial charge in [-0.2, -0.15) is 12.2 Å². The number of hydrogen-bond acceptors (Lipinski definition) is 0. The molecule has 0 aliphatic heterocycles. The second-order valence-electron chi connectivity index (χ2n) is 4.91. The Morgan fingerprint density at radius 3 is 1.44 bits per heavy atom. The molecule has 2 aliphatic carbocycles. The van der Waals surface area contributed by atoms with E-state index in [-0.39, 0.29) is 46.5 Å². The van der Waals surface area contributed by atoms with Crippen LogP contribution in [0, 0.1) is 12.2 Å². The van der Waals surface area contributed by atoms with Crippen molar-refractivity contribution in [2.45, 2.75) is 39.8 Å². The molecule has 0 spiro atoms. The van der Waals surface area contributed by atoms with Gasteiger partial charge in [-0.3, -0.25) is 12.2 Å². The van der Waals surface area contributed by atoms with Crippen molar-refractivity contribution in [3.63, 3.8) is 0 Å². The molecular weight excluding hydrogens is 315 g/mol. The second kappa shape index (κ2) is 7.92. The second-order valence-corrected chi connectivity index (χ2v) is 9.16. The molecule has 96 valence electrons. The summed E-state index contributed by atoms with van der Waals surface area (Å²) in [6.45, 7) is 9.28. The summed E-state index contributed by atoms with van der Waals surface area (Å²) in [5.41, 5.74) is 2.89. The molecule has 0 N–H and O–H groups in total. The van der Waals surface area contributed by atoms with Crippen LogP contribution in [0.4, 0.5) is 0 Å². The average molecular weight is 333 g/mol. The normalized spacial score (nSPS) is 17.6. The smallest absolute Gasteiger partial charge is 1.00 e. The Kier molecular flexibility index (Phi) is 9.14. The van der Waals surface area contributed by atoms with Gasteiger partial charge in [-0.1, -0.05) is 13.1 Å². The Balaban J connectivity index is 0. The van der Waals surface area contributed by atoms with Crippen LogP contribution in [0.25, 0.3) is 0 Å². The van der Waals surface area contributed by atoms with E-state index in [2.05, 4.69) is 51.2 Å². The molecule has 0 saturated heterocycles. The molecule has 2 rings (SSSR count). The van der Waals surface area contributed by atoms with Gasteiger partial charge in [0, 0.05) is 8.07 Å². The Morgan fingerprint density at radius 2 is 1.22 bits per heavy atom. The third kappa shape index (κ3) is 3.74. The third-order valence-electron chi connectivity index (χ3n) is 3.41. The molecule has 0 amide bonds. The molecule has 18 heavy (non-hydrogen) atoms. The Bertz CT molecular complexity index is 380. The van der Waals surface area contributed by atoms with Crippen LogP contribution in [0.1, 0.15) is 26.7 Å². The van der Waals surface area contributed by atoms with E-state index in [0.29, 0.717) is 0 Å². The van der Waals surface area contributed by atoms with Crippen LogP contribution in [0.2, 0.25) is 13.1 Å². The van der Waals surface area contributed by atoms with Crippen molar-refractivity contribution in [1.82, 2.24) is 0 Å². The summed E-state index contributed by atoms with van der Waals surface area (Å²) in [6.07, 6.45) is 13.7. The molecule has 0 atom stereocenters. The van der Waals surface area contributed by atoms with Crippen molar-refractivity contribution in [1.29, 1.82) is 0 Å². The minimum absolute atomic E-state index is 0. The molecule has 0 heterocycles. The summed E-state index contributed by atoms with van der Waals surface area (Å²) < 4.78 is 0. The first-order chi connectivity index (χ1) is 7.03. The zero-order chi connectivity index (χ0) is 11.1. The van der Waals surface area contributed by atoms with Gasteiger partial charge in [-0.15, -0.1) is 26.7 Å². The van der Waals surface area contributed by atoms with E-state index in [1.807, 2.05) is 0 Å². The third-order valence-corrected chi connectivity index (χ3v) is 7.06. The number of allylic oxidation sites excluding steroid dienone is 8. The SMILES string of the molecule is CC1=CC[C-]=C1[Si](C)(C)C1=[C-]CC=C1C.[Cl-].[Cl-].[Ti+4]. The van der Waals surface area contributed by atoms with Crippen molar-refractivity contribution >= 4 is 8.07 Å². The maximum absolute atomic E-state index is 3.54. The van der Waals surface area contributed by atoms with Crippen molar-refractivity contribution in [3.8, 4) is 0 Å². The predicted molar refractivity (Wildman–Crippen MR) is 67.7 cm³/mol. The maximum atomic E-state index is 3.54. The molecule has 0 unspecified atom stereocenters. The average Bonchev–Trinajstić information content (AvgIpc) is 2.73. The summed E-state index contributed by atoms with van der Waals surface area (Å²) >= 11 is 0. The van der Waals surface area contributed by atoms with Gasteiger partial charge < -0.3 is 24.8 Å². The van der Waals surface area contributed by atoms with E-state index in [9.17, 15) is 0 Å². The monoisotopic (exact) mass is 332 g/mol. The molecule has 0 aromatic rings. The first-order valence-electron chi connectivity index (χ1n) is 5.60.